The highest BCUT2D eigenvalue weighted by atomic mass is 32.2. The molecular weight excluding hydrogens is 504 g/mol. The summed E-state index contributed by atoms with van der Waals surface area (Å²) in [5.41, 5.74) is 6.07. The standard InChI is InChI=1S/C20H23F2N7O4S2/c1-10-7-28(9-14(33-10)16(23)30)12-5-11(35(31,32)27-20(2)3-4-20)8-29-13(6-24-17(12)29)18-25-26-19(34-18)15(21)22/h5-6,8,10,14-15,27H,3-4,7,9H2,1-2H3,(H2,23,30)/t10-,14+/m1/s1. The first-order chi connectivity index (χ1) is 16.5. The van der Waals surface area contributed by atoms with Crippen molar-refractivity contribution in [1.82, 2.24) is 24.3 Å². The van der Waals surface area contributed by atoms with Gasteiger partial charge in [0.2, 0.25) is 15.9 Å². The van der Waals surface area contributed by atoms with Gasteiger partial charge >= 0.3 is 0 Å². The molecule has 3 N–H and O–H groups in total. The number of hydrogen-bond acceptors (Lipinski definition) is 9. The highest BCUT2D eigenvalue weighted by Gasteiger charge is 2.42. The number of morpholine rings is 1. The minimum atomic E-state index is -3.94. The first-order valence-corrected chi connectivity index (χ1v) is 13.1. The number of nitrogens with two attached hydrogens (primary N) is 1. The van der Waals surface area contributed by atoms with Crippen LogP contribution in [0.4, 0.5) is 14.5 Å². The van der Waals surface area contributed by atoms with E-state index in [2.05, 4.69) is 19.9 Å². The van der Waals surface area contributed by atoms with Crippen LogP contribution in [0.3, 0.4) is 0 Å². The first kappa shape index (κ1) is 24.0. The van der Waals surface area contributed by atoms with Crippen LogP contribution in [-0.4, -0.2) is 64.7 Å². The smallest absolute Gasteiger partial charge is 0.291 e. The molecular formula is C20H23F2N7O4S2. The molecule has 3 aromatic heterocycles. The molecule has 0 unspecified atom stereocenters. The fraction of sp³-hybridized carbons (Fsp3) is 0.500. The van der Waals surface area contributed by atoms with E-state index in [4.69, 9.17) is 10.5 Å². The molecule has 5 rings (SSSR count). The Hall–Kier alpha value is -2.75. The number of fused-ring (bicyclic) bond motifs is 1. The van der Waals surface area contributed by atoms with E-state index in [9.17, 15) is 22.0 Å². The molecule has 4 heterocycles. The second-order valence-corrected chi connectivity index (χ2v) is 11.7. The topological polar surface area (TPSA) is 145 Å². The fourth-order valence-corrected chi connectivity index (χ4v) is 6.17. The zero-order valence-electron chi connectivity index (χ0n) is 18.8. The lowest BCUT2D eigenvalue weighted by atomic mass is 10.2. The summed E-state index contributed by atoms with van der Waals surface area (Å²) in [5.74, 6) is -0.637. The van der Waals surface area contributed by atoms with Crippen molar-refractivity contribution in [2.45, 2.75) is 55.8 Å². The van der Waals surface area contributed by atoms with Crippen molar-refractivity contribution in [2.24, 2.45) is 5.73 Å². The fourth-order valence-electron chi connectivity index (χ4n) is 3.99. The molecule has 1 saturated carbocycles. The molecule has 1 aliphatic heterocycles. The lowest BCUT2D eigenvalue weighted by molar-refractivity contribution is -0.133. The first-order valence-electron chi connectivity index (χ1n) is 10.8. The predicted molar refractivity (Wildman–Crippen MR) is 123 cm³/mol. The maximum Gasteiger partial charge on any atom is 0.291 e. The molecule has 2 atom stereocenters. The number of nitrogens with zero attached hydrogens (tertiary/aromatic N) is 5. The van der Waals surface area contributed by atoms with Gasteiger partial charge in [0.25, 0.3) is 6.43 Å². The van der Waals surface area contributed by atoms with Crippen molar-refractivity contribution in [1.29, 1.82) is 0 Å². The van der Waals surface area contributed by atoms with Gasteiger partial charge in [-0.1, -0.05) is 11.3 Å². The Bertz CT molecular complexity index is 1400. The minimum Gasteiger partial charge on any atom is -0.367 e. The number of ether oxygens (including phenoxy) is 1. The quantitative estimate of drug-likeness (QED) is 0.472. The molecule has 0 bridgehead atoms. The number of anilines is 1. The van der Waals surface area contributed by atoms with Crippen molar-refractivity contribution in [3.8, 4) is 10.7 Å². The van der Waals surface area contributed by atoms with Crippen LogP contribution in [0.1, 0.15) is 38.1 Å². The molecule has 188 valence electrons. The summed E-state index contributed by atoms with van der Waals surface area (Å²) in [6, 6.07) is 1.49. The number of nitrogens with one attached hydrogen (secondary N) is 1. The molecule has 3 aromatic rings. The third-order valence-electron chi connectivity index (χ3n) is 6.02. The molecule has 35 heavy (non-hydrogen) atoms. The number of primary amides is 1. The number of halogens is 2. The maximum atomic E-state index is 13.3. The van der Waals surface area contributed by atoms with Crippen LogP contribution in [0.25, 0.3) is 16.3 Å². The number of hydrogen-bond donors (Lipinski definition) is 2. The van der Waals surface area contributed by atoms with Gasteiger partial charge in [0, 0.05) is 18.3 Å². The van der Waals surface area contributed by atoms with E-state index in [0.717, 1.165) is 12.8 Å². The van der Waals surface area contributed by atoms with Crippen molar-refractivity contribution < 1.29 is 26.7 Å². The number of sulfonamides is 1. The van der Waals surface area contributed by atoms with Crippen LogP contribution >= 0.6 is 11.3 Å². The lowest BCUT2D eigenvalue weighted by Crippen LogP contribution is -2.51. The number of pyridine rings is 1. The molecule has 0 radical (unpaired) electrons. The molecule has 1 amide bonds. The second kappa shape index (κ2) is 8.43. The van der Waals surface area contributed by atoms with E-state index in [0.29, 0.717) is 34.9 Å². The molecule has 15 heteroatoms. The SMILES string of the molecule is C[C@@H]1CN(c2cc(S(=O)(=O)NC3(C)CC3)cn3c(-c4nnc(C(F)F)s4)cnc23)C[C@@H](C(N)=O)O1. The van der Waals surface area contributed by atoms with Gasteiger partial charge in [0.1, 0.15) is 10.6 Å². The molecule has 2 aliphatic rings. The number of aromatic nitrogens is 4. The Morgan fingerprint density at radius 1 is 1.34 bits per heavy atom. The zero-order valence-corrected chi connectivity index (χ0v) is 20.4. The van der Waals surface area contributed by atoms with Crippen LogP contribution in [0.2, 0.25) is 0 Å². The molecule has 0 spiro atoms. The summed E-state index contributed by atoms with van der Waals surface area (Å²) in [6.45, 7) is 4.05. The van der Waals surface area contributed by atoms with Gasteiger partial charge in [-0.2, -0.15) is 0 Å². The van der Waals surface area contributed by atoms with E-state index in [1.54, 1.807) is 11.8 Å². The molecule has 11 nitrogen and oxygen atoms in total. The average molecular weight is 528 g/mol. The van der Waals surface area contributed by atoms with Gasteiger partial charge in [-0.15, -0.1) is 10.2 Å². The largest absolute Gasteiger partial charge is 0.367 e. The van der Waals surface area contributed by atoms with Gasteiger partial charge in [0.15, 0.2) is 21.8 Å². The van der Waals surface area contributed by atoms with Gasteiger partial charge in [-0.3, -0.25) is 9.20 Å². The van der Waals surface area contributed by atoms with Crippen molar-refractivity contribution in [2.75, 3.05) is 18.0 Å². The minimum absolute atomic E-state index is 0.0410. The lowest BCUT2D eigenvalue weighted by Gasteiger charge is -2.37. The number of amides is 1. The molecule has 0 aromatic carbocycles. The summed E-state index contributed by atoms with van der Waals surface area (Å²) in [4.78, 5) is 18.0. The normalized spacial score (nSPS) is 22.1. The van der Waals surface area contributed by atoms with Gasteiger partial charge in [-0.25, -0.2) is 26.9 Å². The number of alkyl halides is 2. The molecule has 1 aliphatic carbocycles. The van der Waals surface area contributed by atoms with Crippen LogP contribution in [0, 0.1) is 0 Å². The maximum absolute atomic E-state index is 13.3. The van der Waals surface area contributed by atoms with Gasteiger partial charge in [0.05, 0.1) is 24.5 Å². The summed E-state index contributed by atoms with van der Waals surface area (Å²) in [5, 5.41) is 7.09. The second-order valence-electron chi connectivity index (χ2n) is 9.05. The highest BCUT2D eigenvalue weighted by Crippen LogP contribution is 2.38. The van der Waals surface area contributed by atoms with E-state index in [1.807, 2.05) is 6.92 Å². The van der Waals surface area contributed by atoms with Crippen molar-refractivity contribution in [3.63, 3.8) is 0 Å². The Morgan fingerprint density at radius 2 is 2.09 bits per heavy atom. The third kappa shape index (κ3) is 4.60. The van der Waals surface area contributed by atoms with Crippen molar-refractivity contribution >= 4 is 38.6 Å². The number of carbonyl (C=O) groups excluding carboxylic acids is 1. The Balaban J connectivity index is 1.66. The Morgan fingerprint density at radius 3 is 2.71 bits per heavy atom. The van der Waals surface area contributed by atoms with E-state index >= 15 is 0 Å². The summed E-state index contributed by atoms with van der Waals surface area (Å²) in [7, 11) is -3.94. The van der Waals surface area contributed by atoms with Crippen LogP contribution in [0.5, 0.6) is 0 Å². The van der Waals surface area contributed by atoms with E-state index in [-0.39, 0.29) is 22.6 Å². The average Bonchev–Trinajstić information content (AvgIpc) is 3.17. The van der Waals surface area contributed by atoms with E-state index < -0.39 is 39.0 Å². The predicted octanol–water partition coefficient (Wildman–Crippen LogP) is 1.70. The van der Waals surface area contributed by atoms with Gasteiger partial charge in [-0.05, 0) is 32.8 Å². The van der Waals surface area contributed by atoms with Crippen LogP contribution < -0.4 is 15.4 Å². The summed E-state index contributed by atoms with van der Waals surface area (Å²) < 4.78 is 62.6. The Kier molecular flexibility index (Phi) is 5.77. The number of imidazole rings is 1. The van der Waals surface area contributed by atoms with Gasteiger partial charge < -0.3 is 15.4 Å². The van der Waals surface area contributed by atoms with Crippen LogP contribution in [0.15, 0.2) is 23.4 Å². The Labute approximate surface area is 203 Å². The summed E-state index contributed by atoms with van der Waals surface area (Å²) in [6.07, 6.45) is 0.214. The molecule has 2 fully saturated rings. The third-order valence-corrected chi connectivity index (χ3v) is 8.58. The van der Waals surface area contributed by atoms with Crippen LogP contribution in [-0.2, 0) is 19.6 Å². The zero-order chi connectivity index (χ0) is 25.1. The molecule has 1 saturated heterocycles. The number of carbonyl (C=O) groups is 1. The van der Waals surface area contributed by atoms with E-state index in [1.165, 1.54) is 22.9 Å². The highest BCUT2D eigenvalue weighted by molar-refractivity contribution is 7.89. The van der Waals surface area contributed by atoms with Crippen molar-refractivity contribution in [3.05, 3.63) is 23.5 Å². The summed E-state index contributed by atoms with van der Waals surface area (Å²) >= 11 is 0.700. The number of rotatable bonds is 7. The monoisotopic (exact) mass is 527 g/mol.